The molecule has 0 bridgehead atoms. The number of rotatable bonds is 42. The summed E-state index contributed by atoms with van der Waals surface area (Å²) in [5.41, 5.74) is 0. The zero-order valence-electron chi connectivity index (χ0n) is 38.7. The molecule has 0 amide bonds. The van der Waals surface area contributed by atoms with Crippen LogP contribution in [0.5, 0.6) is 0 Å². The lowest BCUT2D eigenvalue weighted by molar-refractivity contribution is -0.167. The average molecular weight is 833 g/mol. The van der Waals surface area contributed by atoms with Gasteiger partial charge >= 0.3 is 17.9 Å². The molecular formula is C54H88O6. The van der Waals surface area contributed by atoms with E-state index in [1.807, 2.05) is 0 Å². The molecule has 0 rings (SSSR count). The van der Waals surface area contributed by atoms with E-state index in [2.05, 4.69) is 118 Å². The van der Waals surface area contributed by atoms with Crippen LogP contribution in [-0.2, 0) is 28.6 Å². The lowest BCUT2D eigenvalue weighted by Crippen LogP contribution is -2.30. The minimum absolute atomic E-state index is 0.108. The van der Waals surface area contributed by atoms with Gasteiger partial charge in [-0.3, -0.25) is 14.4 Å². The maximum atomic E-state index is 12.7. The molecule has 0 aliphatic carbocycles. The molecule has 0 aliphatic rings. The molecule has 0 N–H and O–H groups in total. The second kappa shape index (κ2) is 48.0. The Morgan fingerprint density at radius 2 is 0.650 bits per heavy atom. The van der Waals surface area contributed by atoms with Gasteiger partial charge in [0.1, 0.15) is 13.2 Å². The highest BCUT2D eigenvalue weighted by Crippen LogP contribution is 2.12. The summed E-state index contributed by atoms with van der Waals surface area (Å²) < 4.78 is 16.7. The van der Waals surface area contributed by atoms with Crippen LogP contribution in [0.4, 0.5) is 0 Å². The highest BCUT2D eigenvalue weighted by Gasteiger charge is 2.19. The summed E-state index contributed by atoms with van der Waals surface area (Å²) in [4.78, 5) is 37.9. The van der Waals surface area contributed by atoms with Gasteiger partial charge in [-0.15, -0.1) is 0 Å². The van der Waals surface area contributed by atoms with Crippen molar-refractivity contribution >= 4 is 17.9 Å². The molecule has 60 heavy (non-hydrogen) atoms. The summed E-state index contributed by atoms with van der Waals surface area (Å²) in [6.07, 6.45) is 62.5. The van der Waals surface area contributed by atoms with Crippen molar-refractivity contribution in [2.24, 2.45) is 0 Å². The first-order valence-corrected chi connectivity index (χ1v) is 24.2. The van der Waals surface area contributed by atoms with Crippen molar-refractivity contribution < 1.29 is 28.6 Å². The van der Waals surface area contributed by atoms with E-state index in [4.69, 9.17) is 14.2 Å². The molecule has 0 saturated carbocycles. The van der Waals surface area contributed by atoms with Gasteiger partial charge < -0.3 is 14.2 Å². The van der Waals surface area contributed by atoms with E-state index in [0.717, 1.165) is 135 Å². The third kappa shape index (κ3) is 45.4. The summed E-state index contributed by atoms with van der Waals surface area (Å²) in [6.45, 7) is 6.31. The smallest absolute Gasteiger partial charge is 0.306 e. The molecule has 0 spiro atoms. The topological polar surface area (TPSA) is 78.9 Å². The second-order valence-corrected chi connectivity index (χ2v) is 15.6. The fraction of sp³-hybridized carbons (Fsp3) is 0.648. The van der Waals surface area contributed by atoms with E-state index >= 15 is 0 Å². The molecule has 0 radical (unpaired) electrons. The van der Waals surface area contributed by atoms with Crippen LogP contribution in [0.2, 0.25) is 0 Å². The quantitative estimate of drug-likeness (QED) is 0.0264. The van der Waals surface area contributed by atoms with E-state index in [0.29, 0.717) is 12.8 Å². The van der Waals surface area contributed by atoms with Crippen molar-refractivity contribution in [3.05, 3.63) is 97.2 Å². The van der Waals surface area contributed by atoms with Gasteiger partial charge in [0.05, 0.1) is 0 Å². The second-order valence-electron chi connectivity index (χ2n) is 15.6. The molecule has 340 valence electrons. The lowest BCUT2D eigenvalue weighted by atomic mass is 10.1. The number of allylic oxidation sites excluding steroid dienone is 16. The minimum atomic E-state index is -0.810. The van der Waals surface area contributed by atoms with Crippen LogP contribution in [0.15, 0.2) is 97.2 Å². The third-order valence-electron chi connectivity index (χ3n) is 9.80. The van der Waals surface area contributed by atoms with Gasteiger partial charge in [0, 0.05) is 19.3 Å². The Hall–Kier alpha value is -3.67. The van der Waals surface area contributed by atoms with Gasteiger partial charge in [0.15, 0.2) is 6.10 Å². The SMILES string of the molecule is CC/C=C\C/C=C\C/C=C\CCCCCC(=O)OCC(COC(=O)CCCCCCC/C=C\C/C=C\CCCCCC)OC(=O)CCCCC/C=C\C/C=C\C/C=C\CC. The van der Waals surface area contributed by atoms with Crippen LogP contribution in [0, 0.1) is 0 Å². The van der Waals surface area contributed by atoms with Crippen LogP contribution >= 0.6 is 0 Å². The van der Waals surface area contributed by atoms with Gasteiger partial charge in [0.25, 0.3) is 0 Å². The van der Waals surface area contributed by atoms with E-state index in [-0.39, 0.29) is 37.5 Å². The summed E-state index contributed by atoms with van der Waals surface area (Å²) in [5, 5.41) is 0. The molecule has 6 heteroatoms. The number of carbonyl (C=O) groups is 3. The molecule has 0 heterocycles. The van der Waals surface area contributed by atoms with Gasteiger partial charge in [-0.25, -0.2) is 0 Å². The fourth-order valence-corrected chi connectivity index (χ4v) is 6.20. The fourth-order valence-electron chi connectivity index (χ4n) is 6.20. The third-order valence-corrected chi connectivity index (χ3v) is 9.80. The van der Waals surface area contributed by atoms with E-state index in [1.54, 1.807) is 0 Å². The Bertz CT molecular complexity index is 1230. The summed E-state index contributed by atoms with van der Waals surface area (Å²) in [5.74, 6) is -0.988. The van der Waals surface area contributed by atoms with Gasteiger partial charge in [-0.05, 0) is 116 Å². The average Bonchev–Trinajstić information content (AvgIpc) is 3.24. The van der Waals surface area contributed by atoms with Crippen molar-refractivity contribution in [1.29, 1.82) is 0 Å². The van der Waals surface area contributed by atoms with Crippen molar-refractivity contribution in [2.75, 3.05) is 13.2 Å². The van der Waals surface area contributed by atoms with Crippen molar-refractivity contribution in [3.63, 3.8) is 0 Å². The van der Waals surface area contributed by atoms with Gasteiger partial charge in [-0.2, -0.15) is 0 Å². The van der Waals surface area contributed by atoms with Crippen molar-refractivity contribution in [3.8, 4) is 0 Å². The number of unbranched alkanes of at least 4 members (excludes halogenated alkanes) is 15. The predicted octanol–water partition coefficient (Wildman–Crippen LogP) is 15.8. The highest BCUT2D eigenvalue weighted by molar-refractivity contribution is 5.71. The Morgan fingerprint density at radius 3 is 1.03 bits per heavy atom. The van der Waals surface area contributed by atoms with E-state index in [9.17, 15) is 14.4 Å². The molecule has 1 unspecified atom stereocenters. The van der Waals surface area contributed by atoms with Crippen LogP contribution < -0.4 is 0 Å². The maximum absolute atomic E-state index is 12.7. The highest BCUT2D eigenvalue weighted by atomic mass is 16.6. The van der Waals surface area contributed by atoms with Gasteiger partial charge in [-0.1, -0.05) is 169 Å². The standard InChI is InChI=1S/C54H88O6/c1-4-7-10-13-16-19-22-25-26-27-30-32-35-38-41-44-47-53(56)59-50-51(60-54(57)48-45-42-39-36-33-29-24-21-18-15-12-9-6-3)49-58-52(55)46-43-40-37-34-31-28-23-20-17-14-11-8-5-2/h8-9,11-12,17-22,26-29,31,33,51H,4-7,10,13-16,23-25,30,32,34-50H2,1-3H3/b11-8-,12-9-,20-17-,21-18-,22-19-,27-26-,31-28-,33-29-. The Morgan fingerprint density at radius 1 is 0.350 bits per heavy atom. The number of ether oxygens (including phenoxy) is 3. The molecule has 0 fully saturated rings. The van der Waals surface area contributed by atoms with Crippen molar-refractivity contribution in [1.82, 2.24) is 0 Å². The summed E-state index contributed by atoms with van der Waals surface area (Å²) in [7, 11) is 0. The van der Waals surface area contributed by atoms with Crippen molar-refractivity contribution in [2.45, 2.75) is 213 Å². The number of hydrogen-bond donors (Lipinski definition) is 0. The predicted molar refractivity (Wildman–Crippen MR) is 256 cm³/mol. The molecule has 0 aromatic heterocycles. The molecule has 0 aliphatic heterocycles. The van der Waals surface area contributed by atoms with Crippen LogP contribution in [0.3, 0.4) is 0 Å². The molecule has 0 saturated heterocycles. The number of carbonyl (C=O) groups excluding carboxylic acids is 3. The minimum Gasteiger partial charge on any atom is -0.462 e. The molecule has 0 aromatic carbocycles. The lowest BCUT2D eigenvalue weighted by Gasteiger charge is -2.18. The first-order valence-electron chi connectivity index (χ1n) is 24.2. The summed E-state index contributed by atoms with van der Waals surface area (Å²) >= 11 is 0. The summed E-state index contributed by atoms with van der Waals surface area (Å²) in [6, 6.07) is 0. The Kier molecular flexibility index (Phi) is 45.1. The van der Waals surface area contributed by atoms with Crippen LogP contribution in [0.1, 0.15) is 207 Å². The zero-order chi connectivity index (χ0) is 43.7. The van der Waals surface area contributed by atoms with Crippen LogP contribution in [0.25, 0.3) is 0 Å². The van der Waals surface area contributed by atoms with E-state index < -0.39 is 6.10 Å². The molecule has 0 aromatic rings. The molecular weight excluding hydrogens is 745 g/mol. The molecule has 6 nitrogen and oxygen atoms in total. The first kappa shape index (κ1) is 56.3. The van der Waals surface area contributed by atoms with Crippen LogP contribution in [-0.4, -0.2) is 37.2 Å². The number of esters is 3. The first-order chi connectivity index (χ1) is 29.5. The maximum Gasteiger partial charge on any atom is 0.306 e. The normalized spacial score (nSPS) is 12.9. The Labute approximate surface area is 368 Å². The number of hydrogen-bond acceptors (Lipinski definition) is 6. The van der Waals surface area contributed by atoms with E-state index in [1.165, 1.54) is 32.1 Å². The largest absolute Gasteiger partial charge is 0.462 e. The Balaban J connectivity index is 4.50. The van der Waals surface area contributed by atoms with Gasteiger partial charge in [0.2, 0.25) is 0 Å². The monoisotopic (exact) mass is 833 g/mol. The molecule has 1 atom stereocenters. The zero-order valence-corrected chi connectivity index (χ0v) is 38.7.